The van der Waals surface area contributed by atoms with Gasteiger partial charge in [-0.15, -0.1) is 0 Å². The lowest BCUT2D eigenvalue weighted by atomic mass is 9.95. The zero-order valence-corrected chi connectivity index (χ0v) is 20.8. The molecule has 36 heavy (non-hydrogen) atoms. The molecular formula is C27H32N4O5. The van der Waals surface area contributed by atoms with Gasteiger partial charge in [-0.3, -0.25) is 19.3 Å². The van der Waals surface area contributed by atoms with Gasteiger partial charge in [0.05, 0.1) is 11.4 Å². The van der Waals surface area contributed by atoms with Crippen LogP contribution >= 0.6 is 0 Å². The highest BCUT2D eigenvalue weighted by molar-refractivity contribution is 6.09. The minimum atomic E-state index is -0.280. The lowest BCUT2D eigenvalue weighted by Crippen LogP contribution is -2.57. The first-order valence-electron chi connectivity index (χ1n) is 12.7. The number of piperidine rings is 1. The van der Waals surface area contributed by atoms with Gasteiger partial charge < -0.3 is 24.6 Å². The van der Waals surface area contributed by atoms with Gasteiger partial charge in [-0.2, -0.15) is 0 Å². The predicted octanol–water partition coefficient (Wildman–Crippen LogP) is 2.92. The predicted molar refractivity (Wildman–Crippen MR) is 135 cm³/mol. The van der Waals surface area contributed by atoms with Crippen molar-refractivity contribution in [3.63, 3.8) is 0 Å². The Bertz CT molecular complexity index is 1180. The van der Waals surface area contributed by atoms with Gasteiger partial charge in [0.1, 0.15) is 12.6 Å². The third kappa shape index (κ3) is 4.45. The van der Waals surface area contributed by atoms with Crippen molar-refractivity contribution < 1.29 is 23.9 Å². The molecular weight excluding hydrogens is 460 g/mol. The first-order valence-corrected chi connectivity index (χ1v) is 12.7. The van der Waals surface area contributed by atoms with Gasteiger partial charge >= 0.3 is 0 Å². The number of hydrogen-bond donors (Lipinski definition) is 1. The lowest BCUT2D eigenvalue weighted by molar-refractivity contribution is -0.125. The fourth-order valence-electron chi connectivity index (χ4n) is 5.20. The number of nitrogens with one attached hydrogen (secondary N) is 1. The third-order valence-electron chi connectivity index (χ3n) is 7.16. The number of fused-ring (bicyclic) bond motifs is 4. The Kier molecular flexibility index (Phi) is 6.71. The Balaban J connectivity index is 1.38. The molecule has 0 spiro atoms. The standard InChI is InChI=1S/C27H32N4O5/c1-3-29(4-2)26(33)19-9-10-20-22(14-19)31(27(34)21-7-5-6-12-30(20)21)16-25(32)28-15-18-8-11-23-24(13-18)36-17-35-23/h8-11,13-14,21H,3-7,12,15-17H2,1-2H3,(H,28,32)/t21-/m1/s1. The van der Waals surface area contributed by atoms with Crippen LogP contribution in [0, 0.1) is 0 Å². The summed E-state index contributed by atoms with van der Waals surface area (Å²) >= 11 is 0. The lowest BCUT2D eigenvalue weighted by Gasteiger charge is -2.45. The third-order valence-corrected chi connectivity index (χ3v) is 7.16. The number of benzene rings is 2. The van der Waals surface area contributed by atoms with Crippen LogP contribution in [0.3, 0.4) is 0 Å². The Morgan fingerprint density at radius 2 is 1.83 bits per heavy atom. The molecule has 3 heterocycles. The molecule has 1 N–H and O–H groups in total. The summed E-state index contributed by atoms with van der Waals surface area (Å²) < 4.78 is 10.7. The molecule has 190 valence electrons. The molecule has 3 aliphatic rings. The van der Waals surface area contributed by atoms with Crippen LogP contribution in [0.2, 0.25) is 0 Å². The number of anilines is 2. The van der Waals surface area contributed by atoms with Crippen molar-refractivity contribution in [3.8, 4) is 11.5 Å². The van der Waals surface area contributed by atoms with Crippen LogP contribution in [0.15, 0.2) is 36.4 Å². The monoisotopic (exact) mass is 492 g/mol. The molecule has 0 saturated carbocycles. The molecule has 0 unspecified atom stereocenters. The molecule has 0 radical (unpaired) electrons. The van der Waals surface area contributed by atoms with Gasteiger partial charge in [0.25, 0.3) is 5.91 Å². The first kappa shape index (κ1) is 24.0. The average Bonchev–Trinajstić information content (AvgIpc) is 3.38. The highest BCUT2D eigenvalue weighted by Gasteiger charge is 2.40. The van der Waals surface area contributed by atoms with Crippen LogP contribution < -0.4 is 24.6 Å². The minimum absolute atomic E-state index is 0.0803. The maximum Gasteiger partial charge on any atom is 0.253 e. The van der Waals surface area contributed by atoms with Crippen LogP contribution in [-0.4, -0.2) is 61.6 Å². The second kappa shape index (κ2) is 10.1. The van der Waals surface area contributed by atoms with E-state index in [1.54, 1.807) is 15.9 Å². The first-order chi connectivity index (χ1) is 17.5. The Morgan fingerprint density at radius 3 is 2.64 bits per heavy atom. The maximum atomic E-state index is 13.6. The Labute approximate surface area is 210 Å². The molecule has 2 aromatic rings. The van der Waals surface area contributed by atoms with E-state index in [1.807, 2.05) is 44.2 Å². The number of carbonyl (C=O) groups excluding carboxylic acids is 3. The van der Waals surface area contributed by atoms with E-state index in [1.165, 1.54) is 0 Å². The number of hydrogen-bond acceptors (Lipinski definition) is 6. The Hall–Kier alpha value is -3.75. The summed E-state index contributed by atoms with van der Waals surface area (Å²) in [5.41, 5.74) is 2.92. The Morgan fingerprint density at radius 1 is 1.03 bits per heavy atom. The van der Waals surface area contributed by atoms with E-state index < -0.39 is 0 Å². The zero-order valence-electron chi connectivity index (χ0n) is 20.8. The second-order valence-corrected chi connectivity index (χ2v) is 9.27. The fourth-order valence-corrected chi connectivity index (χ4v) is 5.20. The average molecular weight is 493 g/mol. The smallest absolute Gasteiger partial charge is 0.253 e. The van der Waals surface area contributed by atoms with Crippen LogP contribution in [0.5, 0.6) is 11.5 Å². The molecule has 0 aromatic heterocycles. The molecule has 3 amide bonds. The van der Waals surface area contributed by atoms with E-state index in [0.717, 1.165) is 37.1 Å². The highest BCUT2D eigenvalue weighted by atomic mass is 16.7. The molecule has 3 aliphatic heterocycles. The number of nitrogens with zero attached hydrogens (tertiary/aromatic N) is 3. The quantitative estimate of drug-likeness (QED) is 0.639. The molecule has 1 atom stereocenters. The zero-order chi connectivity index (χ0) is 25.2. The van der Waals surface area contributed by atoms with Crippen LogP contribution in [0.1, 0.15) is 49.0 Å². The summed E-state index contributed by atoms with van der Waals surface area (Å²) in [6.45, 7) is 6.27. The second-order valence-electron chi connectivity index (χ2n) is 9.27. The molecule has 1 fully saturated rings. The van der Waals surface area contributed by atoms with Gasteiger partial charge in [0, 0.05) is 31.7 Å². The topological polar surface area (TPSA) is 91.4 Å². The van der Waals surface area contributed by atoms with Crippen molar-refractivity contribution in [2.75, 3.05) is 42.8 Å². The van der Waals surface area contributed by atoms with Gasteiger partial charge in [-0.25, -0.2) is 0 Å². The van der Waals surface area contributed by atoms with Crippen molar-refractivity contribution in [2.24, 2.45) is 0 Å². The molecule has 2 aromatic carbocycles. The number of carbonyl (C=O) groups is 3. The van der Waals surface area contributed by atoms with E-state index >= 15 is 0 Å². The summed E-state index contributed by atoms with van der Waals surface area (Å²) in [4.78, 5) is 45.0. The normalized spacial score (nSPS) is 17.9. The van der Waals surface area contributed by atoms with Crippen molar-refractivity contribution in [2.45, 2.75) is 45.7 Å². The van der Waals surface area contributed by atoms with Crippen molar-refractivity contribution >= 4 is 29.1 Å². The number of rotatable bonds is 7. The van der Waals surface area contributed by atoms with Crippen molar-refractivity contribution in [3.05, 3.63) is 47.5 Å². The molecule has 1 saturated heterocycles. The number of ether oxygens (including phenoxy) is 2. The molecule has 0 bridgehead atoms. The van der Waals surface area contributed by atoms with Gasteiger partial charge in [0.15, 0.2) is 11.5 Å². The van der Waals surface area contributed by atoms with Crippen molar-refractivity contribution in [1.29, 1.82) is 0 Å². The molecule has 5 rings (SSSR count). The van der Waals surface area contributed by atoms with Crippen molar-refractivity contribution in [1.82, 2.24) is 10.2 Å². The van der Waals surface area contributed by atoms with E-state index in [2.05, 4.69) is 10.2 Å². The SMILES string of the molecule is CCN(CC)C(=O)c1ccc2c(c1)N(CC(=O)NCc1ccc3c(c1)OCO3)C(=O)[C@H]1CCCCN21. The summed E-state index contributed by atoms with van der Waals surface area (Å²) in [7, 11) is 0. The summed E-state index contributed by atoms with van der Waals surface area (Å²) in [6.07, 6.45) is 2.75. The van der Waals surface area contributed by atoms with Gasteiger partial charge in [-0.1, -0.05) is 6.07 Å². The van der Waals surface area contributed by atoms with Gasteiger partial charge in [0.2, 0.25) is 18.6 Å². The van der Waals surface area contributed by atoms with E-state index in [-0.39, 0.29) is 37.1 Å². The van der Waals surface area contributed by atoms with E-state index in [4.69, 9.17) is 9.47 Å². The summed E-state index contributed by atoms with van der Waals surface area (Å²) in [5.74, 6) is 0.908. The van der Waals surface area contributed by atoms with E-state index in [0.29, 0.717) is 42.4 Å². The minimum Gasteiger partial charge on any atom is -0.454 e. The summed E-state index contributed by atoms with van der Waals surface area (Å²) in [5, 5.41) is 2.92. The summed E-state index contributed by atoms with van der Waals surface area (Å²) in [6, 6.07) is 10.8. The molecule has 9 heteroatoms. The van der Waals surface area contributed by atoms with Crippen LogP contribution in [0.4, 0.5) is 11.4 Å². The number of amides is 3. The van der Waals surface area contributed by atoms with E-state index in [9.17, 15) is 14.4 Å². The fraction of sp³-hybridized carbons (Fsp3) is 0.444. The molecule has 9 nitrogen and oxygen atoms in total. The highest BCUT2D eigenvalue weighted by Crippen LogP contribution is 2.40. The molecule has 0 aliphatic carbocycles. The largest absolute Gasteiger partial charge is 0.454 e. The maximum absolute atomic E-state index is 13.6. The van der Waals surface area contributed by atoms with Crippen LogP contribution in [-0.2, 0) is 16.1 Å². The van der Waals surface area contributed by atoms with Gasteiger partial charge in [-0.05, 0) is 69.0 Å². The van der Waals surface area contributed by atoms with Crippen LogP contribution in [0.25, 0.3) is 0 Å².